The van der Waals surface area contributed by atoms with Crippen LogP contribution in [0.2, 0.25) is 0 Å². The average Bonchev–Trinajstić information content (AvgIpc) is 2.85. The molecule has 0 aliphatic carbocycles. The number of halogens is 1. The number of carbonyl (C=O) groups is 1. The number of methoxy groups -OCH3 is 1. The van der Waals surface area contributed by atoms with Gasteiger partial charge in [0.25, 0.3) is 5.91 Å². The van der Waals surface area contributed by atoms with Crippen molar-refractivity contribution in [2.24, 2.45) is 4.99 Å². The van der Waals surface area contributed by atoms with Gasteiger partial charge in [0.15, 0.2) is 16.7 Å². The number of likely N-dealkylation sites (N-methyl/N-ethyl adjacent to an activating group) is 1. The van der Waals surface area contributed by atoms with Gasteiger partial charge in [0.1, 0.15) is 0 Å². The predicted octanol–water partition coefficient (Wildman–Crippen LogP) is 4.40. The molecule has 7 heteroatoms. The van der Waals surface area contributed by atoms with Crippen LogP contribution in [0.1, 0.15) is 5.56 Å². The molecule has 25 heavy (non-hydrogen) atoms. The van der Waals surface area contributed by atoms with Gasteiger partial charge in [-0.3, -0.25) is 9.69 Å². The third-order valence-corrected chi connectivity index (χ3v) is 5.14. The third-order valence-electron chi connectivity index (χ3n) is 3.56. The number of rotatable bonds is 3. The minimum atomic E-state index is -0.129. The Morgan fingerprint density at radius 1 is 1.24 bits per heavy atom. The first kappa shape index (κ1) is 17.6. The van der Waals surface area contributed by atoms with Gasteiger partial charge in [-0.2, -0.15) is 0 Å². The smallest absolute Gasteiger partial charge is 0.266 e. The standard InChI is InChI=1S/C18H15BrN2O3S/c1-21-17(23)16(10-11-3-8-15(24-2)14(22)9-11)25-18(21)20-13-6-4-12(19)5-7-13/h3-10,22H,1-2H3. The zero-order valence-electron chi connectivity index (χ0n) is 13.6. The lowest BCUT2D eigenvalue weighted by atomic mass is 10.2. The van der Waals surface area contributed by atoms with E-state index >= 15 is 0 Å². The van der Waals surface area contributed by atoms with E-state index in [0.717, 1.165) is 10.2 Å². The molecule has 0 aromatic heterocycles. The van der Waals surface area contributed by atoms with Gasteiger partial charge in [0.2, 0.25) is 0 Å². The Hall–Kier alpha value is -2.25. The fourth-order valence-corrected chi connectivity index (χ4v) is 3.48. The van der Waals surface area contributed by atoms with Crippen molar-refractivity contribution in [3.8, 4) is 11.5 Å². The van der Waals surface area contributed by atoms with Gasteiger partial charge in [0.05, 0.1) is 17.7 Å². The first-order valence-corrected chi connectivity index (χ1v) is 8.98. The normalized spacial score (nSPS) is 17.6. The van der Waals surface area contributed by atoms with Crippen LogP contribution in [0.25, 0.3) is 6.08 Å². The van der Waals surface area contributed by atoms with Gasteiger partial charge in [-0.05, 0) is 59.8 Å². The summed E-state index contributed by atoms with van der Waals surface area (Å²) in [6.45, 7) is 0. The van der Waals surface area contributed by atoms with Crippen molar-refractivity contribution in [3.05, 3.63) is 57.4 Å². The van der Waals surface area contributed by atoms with Crippen LogP contribution in [-0.2, 0) is 4.79 Å². The van der Waals surface area contributed by atoms with E-state index in [9.17, 15) is 9.90 Å². The first-order valence-electron chi connectivity index (χ1n) is 7.37. The predicted molar refractivity (Wildman–Crippen MR) is 104 cm³/mol. The van der Waals surface area contributed by atoms with Crippen molar-refractivity contribution in [1.82, 2.24) is 4.90 Å². The van der Waals surface area contributed by atoms with E-state index in [1.54, 1.807) is 31.3 Å². The number of ether oxygens (including phenoxy) is 1. The van der Waals surface area contributed by atoms with Crippen molar-refractivity contribution in [1.29, 1.82) is 0 Å². The van der Waals surface area contributed by atoms with Crippen LogP contribution in [0.3, 0.4) is 0 Å². The largest absolute Gasteiger partial charge is 0.504 e. The molecule has 1 N–H and O–H groups in total. The minimum absolute atomic E-state index is 0.0319. The molecule has 0 atom stereocenters. The minimum Gasteiger partial charge on any atom is -0.504 e. The van der Waals surface area contributed by atoms with Gasteiger partial charge in [-0.15, -0.1) is 0 Å². The molecule has 1 aliphatic heterocycles. The molecule has 0 radical (unpaired) electrons. The number of phenolic OH excluding ortho intramolecular Hbond substituents is 1. The monoisotopic (exact) mass is 418 g/mol. The number of amidine groups is 1. The molecule has 0 saturated carbocycles. The van der Waals surface area contributed by atoms with E-state index < -0.39 is 0 Å². The van der Waals surface area contributed by atoms with Crippen LogP contribution in [0.4, 0.5) is 5.69 Å². The summed E-state index contributed by atoms with van der Waals surface area (Å²) in [5.41, 5.74) is 1.49. The van der Waals surface area contributed by atoms with Crippen LogP contribution < -0.4 is 4.74 Å². The molecule has 128 valence electrons. The van der Waals surface area contributed by atoms with Crippen molar-refractivity contribution < 1.29 is 14.6 Å². The topological polar surface area (TPSA) is 62.1 Å². The van der Waals surface area contributed by atoms with E-state index in [1.165, 1.54) is 23.8 Å². The highest BCUT2D eigenvalue weighted by Crippen LogP contribution is 2.34. The highest BCUT2D eigenvalue weighted by Gasteiger charge is 2.30. The summed E-state index contributed by atoms with van der Waals surface area (Å²) in [6, 6.07) is 12.5. The molecule has 1 aliphatic rings. The fraction of sp³-hybridized carbons (Fsp3) is 0.111. The summed E-state index contributed by atoms with van der Waals surface area (Å²) in [5.74, 6) is 0.294. The molecular weight excluding hydrogens is 404 g/mol. The summed E-state index contributed by atoms with van der Waals surface area (Å²) in [7, 11) is 3.18. The second kappa shape index (κ2) is 7.33. The number of hydrogen-bond donors (Lipinski definition) is 1. The van der Waals surface area contributed by atoms with E-state index in [0.29, 0.717) is 21.4 Å². The second-order valence-electron chi connectivity index (χ2n) is 5.28. The van der Waals surface area contributed by atoms with Crippen molar-refractivity contribution >= 4 is 50.5 Å². The number of phenols is 1. The molecule has 5 nitrogen and oxygen atoms in total. The van der Waals surface area contributed by atoms with Crippen molar-refractivity contribution in [3.63, 3.8) is 0 Å². The Kier molecular flexibility index (Phi) is 5.15. The van der Waals surface area contributed by atoms with E-state index in [2.05, 4.69) is 20.9 Å². The van der Waals surface area contributed by atoms with E-state index in [4.69, 9.17) is 4.74 Å². The average molecular weight is 419 g/mol. The lowest BCUT2D eigenvalue weighted by molar-refractivity contribution is -0.121. The number of thioether (sulfide) groups is 1. The number of aromatic hydroxyl groups is 1. The van der Waals surface area contributed by atoms with E-state index in [1.807, 2.05) is 24.3 Å². The zero-order valence-corrected chi connectivity index (χ0v) is 16.0. The molecule has 0 spiro atoms. The van der Waals surface area contributed by atoms with Crippen LogP contribution in [0, 0.1) is 0 Å². The number of benzene rings is 2. The summed E-state index contributed by atoms with van der Waals surface area (Å²) >= 11 is 4.68. The number of amides is 1. The molecule has 2 aromatic carbocycles. The van der Waals surface area contributed by atoms with Gasteiger partial charge in [0, 0.05) is 11.5 Å². The van der Waals surface area contributed by atoms with Crippen LogP contribution in [0.5, 0.6) is 11.5 Å². The SMILES string of the molecule is COc1ccc(C=C2SC(=Nc3ccc(Br)cc3)N(C)C2=O)cc1O. The summed E-state index contributed by atoms with van der Waals surface area (Å²) in [6.07, 6.45) is 1.73. The maximum Gasteiger partial charge on any atom is 0.266 e. The lowest BCUT2D eigenvalue weighted by Gasteiger charge is -2.07. The summed E-state index contributed by atoms with van der Waals surface area (Å²) in [5, 5.41) is 10.5. The van der Waals surface area contributed by atoms with Gasteiger partial charge in [-0.1, -0.05) is 22.0 Å². The second-order valence-corrected chi connectivity index (χ2v) is 7.20. The van der Waals surface area contributed by atoms with Crippen LogP contribution in [-0.4, -0.2) is 35.2 Å². The fourth-order valence-electron chi connectivity index (χ4n) is 2.23. The Morgan fingerprint density at radius 3 is 2.60 bits per heavy atom. The summed E-state index contributed by atoms with van der Waals surface area (Å²) in [4.78, 5) is 19.0. The Balaban J connectivity index is 1.88. The molecule has 0 bridgehead atoms. The highest BCUT2D eigenvalue weighted by atomic mass is 79.9. The van der Waals surface area contributed by atoms with Gasteiger partial charge in [-0.25, -0.2) is 4.99 Å². The Bertz CT molecular complexity index is 878. The quantitative estimate of drug-likeness (QED) is 0.750. The summed E-state index contributed by atoms with van der Waals surface area (Å²) < 4.78 is 6.00. The molecule has 1 amide bonds. The molecule has 1 heterocycles. The molecule has 0 unspecified atom stereocenters. The number of hydrogen-bond acceptors (Lipinski definition) is 5. The number of aliphatic imine (C=N–C) groups is 1. The van der Waals surface area contributed by atoms with Gasteiger partial charge < -0.3 is 9.84 Å². The Morgan fingerprint density at radius 2 is 1.96 bits per heavy atom. The maximum atomic E-state index is 12.4. The molecular formula is C18H15BrN2O3S. The van der Waals surface area contributed by atoms with Gasteiger partial charge >= 0.3 is 0 Å². The maximum absolute atomic E-state index is 12.4. The van der Waals surface area contributed by atoms with E-state index in [-0.39, 0.29) is 11.7 Å². The third kappa shape index (κ3) is 3.88. The van der Waals surface area contributed by atoms with Crippen molar-refractivity contribution in [2.45, 2.75) is 0 Å². The van der Waals surface area contributed by atoms with Crippen molar-refractivity contribution in [2.75, 3.05) is 14.2 Å². The van der Waals surface area contributed by atoms with Crippen LogP contribution in [0.15, 0.2) is 56.8 Å². The molecule has 1 saturated heterocycles. The lowest BCUT2D eigenvalue weighted by Crippen LogP contribution is -2.23. The zero-order chi connectivity index (χ0) is 18.0. The molecule has 2 aromatic rings. The molecule has 3 rings (SSSR count). The van der Waals surface area contributed by atoms with Crippen LogP contribution >= 0.6 is 27.7 Å². The number of nitrogens with zero attached hydrogens (tertiary/aromatic N) is 2. The highest BCUT2D eigenvalue weighted by molar-refractivity contribution is 9.10. The first-order chi connectivity index (χ1) is 12.0. The molecule has 1 fully saturated rings. The number of carbonyl (C=O) groups excluding carboxylic acids is 1. The Labute approximate surface area is 158 Å².